The normalized spacial score (nSPS) is 20.5. The molecule has 2 atom stereocenters. The maximum atomic E-state index is 13.0. The Kier molecular flexibility index (Phi) is 3.14. The van der Waals surface area contributed by atoms with Gasteiger partial charge in [-0.2, -0.15) is 0 Å². The molecule has 1 fully saturated rings. The minimum atomic E-state index is -0.426. The molecule has 0 saturated heterocycles. The van der Waals surface area contributed by atoms with Gasteiger partial charge in [0.15, 0.2) is 0 Å². The molecule has 2 aromatic heterocycles. The smallest absolute Gasteiger partial charge is 0.229 e. The quantitative estimate of drug-likeness (QED) is 0.928. The first-order valence-corrected chi connectivity index (χ1v) is 6.35. The van der Waals surface area contributed by atoms with Crippen LogP contribution in [0.4, 0.5) is 10.2 Å². The first-order valence-electron chi connectivity index (χ1n) is 6.35. The van der Waals surface area contributed by atoms with Gasteiger partial charge in [-0.25, -0.2) is 19.3 Å². The van der Waals surface area contributed by atoms with Gasteiger partial charge in [-0.15, -0.1) is 0 Å². The molecular formula is C14H13FN4O. The molecule has 1 amide bonds. The second-order valence-corrected chi connectivity index (χ2v) is 4.85. The molecule has 2 heterocycles. The fourth-order valence-corrected chi connectivity index (χ4v) is 2.11. The van der Waals surface area contributed by atoms with E-state index >= 15 is 0 Å². The molecule has 0 radical (unpaired) electrons. The summed E-state index contributed by atoms with van der Waals surface area (Å²) in [6, 6.07) is 4.24. The Labute approximate surface area is 115 Å². The van der Waals surface area contributed by atoms with Gasteiger partial charge in [0.1, 0.15) is 17.5 Å². The van der Waals surface area contributed by atoms with Gasteiger partial charge in [0.2, 0.25) is 5.91 Å². The topological polar surface area (TPSA) is 67.8 Å². The van der Waals surface area contributed by atoms with Crippen molar-refractivity contribution in [3.05, 3.63) is 47.9 Å². The summed E-state index contributed by atoms with van der Waals surface area (Å²) in [6.45, 7) is 1.89. The fraction of sp³-hybridized carbons (Fsp3) is 0.286. The van der Waals surface area contributed by atoms with E-state index in [9.17, 15) is 9.18 Å². The maximum Gasteiger partial charge on any atom is 0.229 e. The van der Waals surface area contributed by atoms with Gasteiger partial charge in [-0.05, 0) is 25.5 Å². The zero-order valence-corrected chi connectivity index (χ0v) is 10.9. The van der Waals surface area contributed by atoms with E-state index in [4.69, 9.17) is 0 Å². The summed E-state index contributed by atoms with van der Waals surface area (Å²) < 4.78 is 13.0. The van der Waals surface area contributed by atoms with E-state index in [0.29, 0.717) is 12.2 Å². The number of halogens is 1. The van der Waals surface area contributed by atoms with E-state index in [1.165, 1.54) is 18.3 Å². The van der Waals surface area contributed by atoms with Crippen molar-refractivity contribution in [2.24, 2.45) is 5.92 Å². The Morgan fingerprint density at radius 3 is 2.90 bits per heavy atom. The SMILES string of the molecule is Cc1ccnc([C@H]2C[C@@H]2C(=O)Nc2cc(F)ccn2)n1. The summed E-state index contributed by atoms with van der Waals surface area (Å²) in [5, 5.41) is 2.61. The van der Waals surface area contributed by atoms with E-state index in [2.05, 4.69) is 20.3 Å². The highest BCUT2D eigenvalue weighted by Crippen LogP contribution is 2.46. The Morgan fingerprint density at radius 2 is 2.15 bits per heavy atom. The van der Waals surface area contributed by atoms with Crippen LogP contribution in [0.2, 0.25) is 0 Å². The van der Waals surface area contributed by atoms with Gasteiger partial charge in [0, 0.05) is 36.0 Å². The molecule has 0 bridgehead atoms. The number of hydrogen-bond donors (Lipinski definition) is 1. The molecular weight excluding hydrogens is 259 g/mol. The summed E-state index contributed by atoms with van der Waals surface area (Å²) >= 11 is 0. The molecule has 1 aliphatic carbocycles. The van der Waals surface area contributed by atoms with Crippen LogP contribution in [0, 0.1) is 18.7 Å². The van der Waals surface area contributed by atoms with Gasteiger partial charge in [0.25, 0.3) is 0 Å². The predicted octanol–water partition coefficient (Wildman–Crippen LogP) is 2.06. The van der Waals surface area contributed by atoms with E-state index < -0.39 is 5.82 Å². The summed E-state index contributed by atoms with van der Waals surface area (Å²) in [7, 11) is 0. The Bertz CT molecular complexity index is 661. The average Bonchev–Trinajstić information content (AvgIpc) is 3.19. The van der Waals surface area contributed by atoms with E-state index in [1.807, 2.05) is 13.0 Å². The number of carbonyl (C=O) groups is 1. The third-order valence-corrected chi connectivity index (χ3v) is 3.25. The van der Waals surface area contributed by atoms with Gasteiger partial charge in [0.05, 0.1) is 0 Å². The lowest BCUT2D eigenvalue weighted by Crippen LogP contribution is -2.16. The van der Waals surface area contributed by atoms with Crippen LogP contribution in [0.3, 0.4) is 0 Å². The zero-order chi connectivity index (χ0) is 14.1. The van der Waals surface area contributed by atoms with Gasteiger partial charge >= 0.3 is 0 Å². The number of hydrogen-bond acceptors (Lipinski definition) is 4. The molecule has 0 unspecified atom stereocenters. The molecule has 0 aliphatic heterocycles. The van der Waals surface area contributed by atoms with Crippen molar-refractivity contribution >= 4 is 11.7 Å². The van der Waals surface area contributed by atoms with Gasteiger partial charge < -0.3 is 5.32 Å². The van der Waals surface area contributed by atoms with Crippen molar-refractivity contribution in [2.45, 2.75) is 19.3 Å². The number of nitrogens with zero attached hydrogens (tertiary/aromatic N) is 3. The van der Waals surface area contributed by atoms with Crippen molar-refractivity contribution in [1.82, 2.24) is 15.0 Å². The van der Waals surface area contributed by atoms with Crippen LogP contribution in [0.25, 0.3) is 0 Å². The maximum absolute atomic E-state index is 13.0. The second-order valence-electron chi connectivity index (χ2n) is 4.85. The highest BCUT2D eigenvalue weighted by Gasteiger charge is 2.46. The van der Waals surface area contributed by atoms with Crippen LogP contribution in [-0.4, -0.2) is 20.9 Å². The lowest BCUT2D eigenvalue weighted by molar-refractivity contribution is -0.117. The molecule has 0 spiro atoms. The molecule has 1 saturated carbocycles. The molecule has 102 valence electrons. The number of nitrogens with one attached hydrogen (secondary N) is 1. The zero-order valence-electron chi connectivity index (χ0n) is 10.9. The minimum Gasteiger partial charge on any atom is -0.310 e. The standard InChI is InChI=1S/C14H13FN4O/c1-8-2-4-17-13(18-8)10-7-11(10)14(20)19-12-6-9(15)3-5-16-12/h2-6,10-11H,7H2,1H3,(H,16,19,20)/t10-,11-/m0/s1. The van der Waals surface area contributed by atoms with Crippen LogP contribution >= 0.6 is 0 Å². The van der Waals surface area contributed by atoms with Crippen LogP contribution in [0.15, 0.2) is 30.6 Å². The number of amides is 1. The summed E-state index contributed by atoms with van der Waals surface area (Å²) in [5.74, 6) is 0.205. The van der Waals surface area contributed by atoms with E-state index in [1.54, 1.807) is 6.20 Å². The van der Waals surface area contributed by atoms with Crippen LogP contribution in [0.1, 0.15) is 23.9 Å². The molecule has 5 nitrogen and oxygen atoms in total. The van der Waals surface area contributed by atoms with Crippen LogP contribution in [0.5, 0.6) is 0 Å². The number of aromatic nitrogens is 3. The van der Waals surface area contributed by atoms with Gasteiger partial charge in [-0.3, -0.25) is 4.79 Å². The first-order chi connectivity index (χ1) is 9.63. The van der Waals surface area contributed by atoms with Crippen molar-refractivity contribution in [1.29, 1.82) is 0 Å². The average molecular weight is 272 g/mol. The largest absolute Gasteiger partial charge is 0.310 e. The lowest BCUT2D eigenvalue weighted by atomic mass is 10.2. The van der Waals surface area contributed by atoms with Crippen molar-refractivity contribution in [3.63, 3.8) is 0 Å². The first kappa shape index (κ1) is 12.7. The number of carbonyl (C=O) groups excluding carboxylic acids is 1. The third-order valence-electron chi connectivity index (χ3n) is 3.25. The van der Waals surface area contributed by atoms with Crippen molar-refractivity contribution in [2.75, 3.05) is 5.32 Å². The summed E-state index contributed by atoms with van der Waals surface area (Å²) in [4.78, 5) is 24.4. The minimum absolute atomic E-state index is 0.0449. The lowest BCUT2D eigenvalue weighted by Gasteiger charge is -2.03. The highest BCUT2D eigenvalue weighted by molar-refractivity contribution is 5.94. The molecule has 1 N–H and O–H groups in total. The Morgan fingerprint density at radius 1 is 1.35 bits per heavy atom. The number of anilines is 1. The highest BCUT2D eigenvalue weighted by atomic mass is 19.1. The molecule has 3 rings (SSSR count). The number of aryl methyl sites for hydroxylation is 1. The number of rotatable bonds is 3. The molecule has 20 heavy (non-hydrogen) atoms. The van der Waals surface area contributed by atoms with E-state index in [-0.39, 0.29) is 23.6 Å². The summed E-state index contributed by atoms with van der Waals surface area (Å²) in [6.07, 6.45) is 3.72. The fourth-order valence-electron chi connectivity index (χ4n) is 2.11. The predicted molar refractivity (Wildman–Crippen MR) is 70.4 cm³/mol. The number of pyridine rings is 1. The van der Waals surface area contributed by atoms with Gasteiger partial charge in [-0.1, -0.05) is 0 Å². The van der Waals surface area contributed by atoms with Crippen molar-refractivity contribution in [3.8, 4) is 0 Å². The molecule has 6 heteroatoms. The monoisotopic (exact) mass is 272 g/mol. The van der Waals surface area contributed by atoms with E-state index in [0.717, 1.165) is 5.69 Å². The second kappa shape index (κ2) is 4.96. The Balaban J connectivity index is 1.66. The van der Waals surface area contributed by atoms with Crippen molar-refractivity contribution < 1.29 is 9.18 Å². The summed E-state index contributed by atoms with van der Waals surface area (Å²) in [5.41, 5.74) is 0.882. The van der Waals surface area contributed by atoms with Crippen LogP contribution in [-0.2, 0) is 4.79 Å². The van der Waals surface area contributed by atoms with Crippen LogP contribution < -0.4 is 5.32 Å². The molecule has 2 aromatic rings. The molecule has 1 aliphatic rings. The molecule has 0 aromatic carbocycles. The Hall–Kier alpha value is -2.37. The third kappa shape index (κ3) is 2.64.